The first kappa shape index (κ1) is 20.8. The lowest BCUT2D eigenvalue weighted by atomic mass is 10.1. The molecule has 0 radical (unpaired) electrons. The molecule has 2 aromatic carbocycles. The number of pyridine rings is 1. The molecule has 0 fully saturated rings. The number of anilines is 3. The average molecular weight is 440 g/mol. The first-order valence-corrected chi connectivity index (χ1v) is 9.24. The van der Waals surface area contributed by atoms with Crippen molar-refractivity contribution in [2.24, 2.45) is 0 Å². The second kappa shape index (κ2) is 8.76. The monoisotopic (exact) mass is 440 g/mol. The largest absolute Gasteiger partial charge is 0.416 e. The predicted molar refractivity (Wildman–Crippen MR) is 110 cm³/mol. The first-order valence-electron chi connectivity index (χ1n) is 9.24. The molecular weight excluding hydrogens is 425 g/mol. The summed E-state index contributed by atoms with van der Waals surface area (Å²) < 4.78 is 43.9. The number of alkyl halides is 3. The number of aromatic nitrogens is 3. The van der Waals surface area contributed by atoms with Gasteiger partial charge in [0.25, 0.3) is 5.91 Å². The van der Waals surface area contributed by atoms with E-state index in [9.17, 15) is 18.0 Å². The third-order valence-corrected chi connectivity index (χ3v) is 4.29. The lowest BCUT2D eigenvalue weighted by molar-refractivity contribution is -0.137. The van der Waals surface area contributed by atoms with Crippen molar-refractivity contribution in [3.63, 3.8) is 0 Å². The van der Waals surface area contributed by atoms with E-state index in [4.69, 9.17) is 4.52 Å². The number of benzene rings is 2. The Kier molecular flexibility index (Phi) is 5.71. The zero-order valence-corrected chi connectivity index (χ0v) is 16.2. The van der Waals surface area contributed by atoms with Crippen LogP contribution < -0.4 is 16.2 Å². The molecule has 0 aliphatic rings. The van der Waals surface area contributed by atoms with Gasteiger partial charge >= 0.3 is 12.2 Å². The van der Waals surface area contributed by atoms with Gasteiger partial charge in [0, 0.05) is 23.6 Å². The van der Waals surface area contributed by atoms with Gasteiger partial charge in [-0.25, -0.2) is 5.43 Å². The summed E-state index contributed by atoms with van der Waals surface area (Å²) >= 11 is 0. The summed E-state index contributed by atoms with van der Waals surface area (Å²) in [6, 6.07) is 14.4. The number of rotatable bonds is 6. The van der Waals surface area contributed by atoms with E-state index >= 15 is 0 Å². The molecule has 4 rings (SSSR count). The molecule has 0 bridgehead atoms. The van der Waals surface area contributed by atoms with E-state index in [1.807, 2.05) is 0 Å². The van der Waals surface area contributed by atoms with Gasteiger partial charge in [0.15, 0.2) is 0 Å². The Hall–Kier alpha value is -4.41. The summed E-state index contributed by atoms with van der Waals surface area (Å²) in [6.45, 7) is 0. The number of nitrogens with zero attached hydrogens (tertiary/aromatic N) is 3. The maximum absolute atomic E-state index is 13.0. The summed E-state index contributed by atoms with van der Waals surface area (Å²) in [5, 5.41) is 6.65. The normalized spacial score (nSPS) is 11.1. The number of hydrogen-bond acceptors (Lipinski definition) is 7. The second-order valence-electron chi connectivity index (χ2n) is 6.49. The van der Waals surface area contributed by atoms with Crippen LogP contribution in [0.1, 0.15) is 15.9 Å². The fourth-order valence-electron chi connectivity index (χ4n) is 2.79. The van der Waals surface area contributed by atoms with Gasteiger partial charge in [-0.2, -0.15) is 18.2 Å². The zero-order valence-electron chi connectivity index (χ0n) is 16.2. The molecule has 162 valence electrons. The van der Waals surface area contributed by atoms with E-state index in [-0.39, 0.29) is 17.3 Å². The van der Waals surface area contributed by atoms with Crippen molar-refractivity contribution < 1.29 is 22.5 Å². The Morgan fingerprint density at radius 2 is 1.75 bits per heavy atom. The molecule has 0 unspecified atom stereocenters. The summed E-state index contributed by atoms with van der Waals surface area (Å²) in [5.41, 5.74) is 5.51. The molecular formula is C21H15F3N6O2. The molecule has 0 spiro atoms. The highest BCUT2D eigenvalue weighted by atomic mass is 19.4. The minimum absolute atomic E-state index is 0.0477. The smallest absolute Gasteiger partial charge is 0.355 e. The van der Waals surface area contributed by atoms with E-state index in [1.54, 1.807) is 42.7 Å². The van der Waals surface area contributed by atoms with E-state index in [1.165, 1.54) is 18.2 Å². The lowest BCUT2D eigenvalue weighted by Gasteiger charge is -2.14. The lowest BCUT2D eigenvalue weighted by Crippen LogP contribution is -2.30. The van der Waals surface area contributed by atoms with Crippen molar-refractivity contribution in [1.82, 2.24) is 20.6 Å². The third kappa shape index (κ3) is 4.83. The molecule has 2 heterocycles. The number of carbonyl (C=O) groups excluding carboxylic acids is 1. The van der Waals surface area contributed by atoms with E-state index in [0.717, 1.165) is 12.1 Å². The van der Waals surface area contributed by atoms with Crippen LogP contribution in [-0.4, -0.2) is 21.0 Å². The van der Waals surface area contributed by atoms with Crippen molar-refractivity contribution in [3.05, 3.63) is 84.2 Å². The number of nitrogens with one attached hydrogen (secondary N) is 3. The van der Waals surface area contributed by atoms with Crippen LogP contribution in [0.2, 0.25) is 0 Å². The van der Waals surface area contributed by atoms with Crippen molar-refractivity contribution in [2.75, 3.05) is 10.7 Å². The third-order valence-electron chi connectivity index (χ3n) is 4.29. The van der Waals surface area contributed by atoms with Crippen molar-refractivity contribution >= 4 is 23.3 Å². The minimum Gasteiger partial charge on any atom is -0.355 e. The maximum Gasteiger partial charge on any atom is 0.416 e. The van der Waals surface area contributed by atoms with Gasteiger partial charge in [-0.05, 0) is 42.5 Å². The molecule has 0 saturated heterocycles. The van der Waals surface area contributed by atoms with Crippen LogP contribution >= 0.6 is 0 Å². The van der Waals surface area contributed by atoms with Crippen molar-refractivity contribution in [2.45, 2.75) is 6.18 Å². The quantitative estimate of drug-likeness (QED) is 0.375. The Labute approximate surface area is 179 Å². The average Bonchev–Trinajstić information content (AvgIpc) is 3.27. The van der Waals surface area contributed by atoms with Crippen molar-refractivity contribution in [1.29, 1.82) is 0 Å². The number of hydrazine groups is 1. The Morgan fingerprint density at radius 1 is 0.969 bits per heavy atom. The molecule has 4 aromatic rings. The molecule has 3 N–H and O–H groups in total. The number of hydrogen-bond donors (Lipinski definition) is 3. The number of para-hydroxylation sites is 1. The van der Waals surface area contributed by atoms with Gasteiger partial charge in [0.2, 0.25) is 5.82 Å². The Morgan fingerprint density at radius 3 is 2.53 bits per heavy atom. The number of amides is 1. The van der Waals surface area contributed by atoms with Gasteiger partial charge in [0.05, 0.1) is 16.8 Å². The minimum atomic E-state index is -4.47. The fourth-order valence-corrected chi connectivity index (χ4v) is 2.79. The van der Waals surface area contributed by atoms with Gasteiger partial charge < -0.3 is 9.84 Å². The van der Waals surface area contributed by atoms with E-state index in [2.05, 4.69) is 31.3 Å². The summed E-state index contributed by atoms with van der Waals surface area (Å²) in [7, 11) is 0. The van der Waals surface area contributed by atoms with Crippen LogP contribution in [0.15, 0.2) is 77.6 Å². The van der Waals surface area contributed by atoms with Gasteiger partial charge in [-0.15, -0.1) is 0 Å². The molecule has 32 heavy (non-hydrogen) atoms. The molecule has 0 aliphatic carbocycles. The fraction of sp³-hybridized carbons (Fsp3) is 0.0476. The zero-order chi connectivity index (χ0) is 22.6. The highest BCUT2D eigenvalue weighted by molar-refractivity contribution is 6.00. The van der Waals surface area contributed by atoms with Crippen molar-refractivity contribution in [3.8, 4) is 11.4 Å². The van der Waals surface area contributed by atoms with Crippen LogP contribution in [0.3, 0.4) is 0 Å². The molecule has 2 aromatic heterocycles. The Balaban J connectivity index is 1.46. The van der Waals surface area contributed by atoms with Gasteiger partial charge in [-0.3, -0.25) is 15.2 Å². The number of carbonyl (C=O) groups is 1. The van der Waals surface area contributed by atoms with Crippen LogP contribution in [0.4, 0.5) is 30.6 Å². The molecule has 11 heteroatoms. The molecule has 0 atom stereocenters. The maximum atomic E-state index is 13.0. The SMILES string of the molecule is O=C(NNc1nc(-c2ccncc2)no1)c1ccccc1Nc1cccc(C(F)(F)F)c1. The van der Waals surface area contributed by atoms with Gasteiger partial charge in [0.1, 0.15) is 0 Å². The molecule has 1 amide bonds. The highest BCUT2D eigenvalue weighted by Crippen LogP contribution is 2.31. The first-order chi connectivity index (χ1) is 15.4. The molecule has 8 nitrogen and oxygen atoms in total. The summed E-state index contributed by atoms with van der Waals surface area (Å²) in [5.74, 6) is -0.264. The number of halogens is 3. The highest BCUT2D eigenvalue weighted by Gasteiger charge is 2.30. The van der Waals surface area contributed by atoms with Crippen LogP contribution in [0.5, 0.6) is 0 Å². The topological polar surface area (TPSA) is 105 Å². The van der Waals surface area contributed by atoms with Crippen LogP contribution in [0, 0.1) is 0 Å². The summed E-state index contributed by atoms with van der Waals surface area (Å²) in [4.78, 5) is 20.7. The van der Waals surface area contributed by atoms with Gasteiger partial charge in [-0.1, -0.05) is 23.4 Å². The van der Waals surface area contributed by atoms with E-state index in [0.29, 0.717) is 17.1 Å². The Bertz CT molecular complexity index is 1230. The summed E-state index contributed by atoms with van der Waals surface area (Å²) in [6.07, 6.45) is -1.32. The molecule has 0 saturated carbocycles. The predicted octanol–water partition coefficient (Wildman–Crippen LogP) is 4.65. The second-order valence-corrected chi connectivity index (χ2v) is 6.49. The van der Waals surface area contributed by atoms with E-state index < -0.39 is 17.6 Å². The standard InChI is InChI=1S/C21H15F3N6O2/c22-21(23,24)14-4-3-5-15(12-14)26-17-7-2-1-6-16(17)19(31)28-29-20-27-18(30-32-20)13-8-10-25-11-9-13/h1-12,26H,(H,28,31)(H,27,29,30). The van der Waals surface area contributed by atoms with Crippen LogP contribution in [-0.2, 0) is 6.18 Å². The molecule has 0 aliphatic heterocycles. The van der Waals surface area contributed by atoms with Crippen LogP contribution in [0.25, 0.3) is 11.4 Å².